The third-order valence-corrected chi connectivity index (χ3v) is 11.0. The van der Waals surface area contributed by atoms with Gasteiger partial charge >= 0.3 is 12.1 Å². The number of allylic oxidation sites excluding steroid dienone is 3. The first kappa shape index (κ1) is 38.7. The van der Waals surface area contributed by atoms with Gasteiger partial charge in [0, 0.05) is 38.8 Å². The summed E-state index contributed by atoms with van der Waals surface area (Å²) in [5.74, 6) is -1.66. The van der Waals surface area contributed by atoms with Crippen molar-refractivity contribution < 1.29 is 38.5 Å². The molecule has 0 saturated carbocycles. The second-order valence-electron chi connectivity index (χ2n) is 14.0. The number of thiol groups is 1. The van der Waals surface area contributed by atoms with Crippen LogP contribution in [0.2, 0.25) is 5.02 Å². The minimum atomic E-state index is -1.59. The fraction of sp³-hybridized carbons (Fsp3) is 0.611. The number of ether oxygens (including phenoxy) is 3. The maximum Gasteiger partial charge on any atom is 0.409 e. The Morgan fingerprint density at radius 3 is 2.63 bits per heavy atom. The molecule has 2 N–H and O–H groups in total. The number of aliphatic hydroxyl groups is 1. The molecule has 3 aliphatic rings. The summed E-state index contributed by atoms with van der Waals surface area (Å²) in [4.78, 5) is 55.8. The van der Waals surface area contributed by atoms with Crippen LogP contribution in [0, 0.1) is 18.8 Å². The molecular weight excluding hydrogens is 670 g/mol. The zero-order valence-corrected chi connectivity index (χ0v) is 31.3. The van der Waals surface area contributed by atoms with E-state index in [4.69, 9.17) is 25.8 Å². The predicted molar refractivity (Wildman–Crippen MR) is 191 cm³/mol. The minimum absolute atomic E-state index is 0.0794. The van der Waals surface area contributed by atoms with Gasteiger partial charge in [0.15, 0.2) is 0 Å². The zero-order valence-electron chi connectivity index (χ0n) is 29.6. The first-order valence-corrected chi connectivity index (χ1v) is 17.8. The summed E-state index contributed by atoms with van der Waals surface area (Å²) in [7, 11) is 3.16. The highest BCUT2D eigenvalue weighted by molar-refractivity contribution is 7.80. The molecule has 1 aromatic rings. The number of aryl methyl sites for hydroxylation is 1. The van der Waals surface area contributed by atoms with Gasteiger partial charge in [-0.25, -0.2) is 9.59 Å². The Balaban J connectivity index is 1.73. The summed E-state index contributed by atoms with van der Waals surface area (Å²) >= 11 is 10.9. The molecule has 8 atom stereocenters. The van der Waals surface area contributed by atoms with Crippen LogP contribution in [0.15, 0.2) is 35.9 Å². The van der Waals surface area contributed by atoms with E-state index in [1.807, 2.05) is 58.1 Å². The molecule has 13 heteroatoms. The lowest BCUT2D eigenvalue weighted by atomic mass is 9.82. The Hall–Kier alpha value is -3.06. The van der Waals surface area contributed by atoms with Gasteiger partial charge in [0.2, 0.25) is 11.8 Å². The molecule has 3 heterocycles. The number of halogens is 1. The highest BCUT2D eigenvalue weighted by Crippen LogP contribution is 2.49. The first-order chi connectivity index (χ1) is 22.9. The number of carbonyl (C=O) groups is 4. The van der Waals surface area contributed by atoms with E-state index in [-0.39, 0.29) is 31.1 Å². The Bertz CT molecular complexity index is 1520. The molecular formula is C36H50ClN3O8S. The number of likely N-dealkylation sites (N-methyl/N-ethyl adjacent to an activating group) is 1. The summed E-state index contributed by atoms with van der Waals surface area (Å²) in [5, 5.41) is 14.6. The molecule has 0 spiro atoms. The number of alkyl carbamates (subject to hydrolysis) is 1. The van der Waals surface area contributed by atoms with E-state index in [1.165, 1.54) is 16.8 Å². The van der Waals surface area contributed by atoms with Gasteiger partial charge in [-0.3, -0.25) is 14.9 Å². The number of fused-ring (bicyclic) bond motifs is 5. The van der Waals surface area contributed by atoms with Crippen LogP contribution >= 0.6 is 24.2 Å². The van der Waals surface area contributed by atoms with Crippen LogP contribution in [0.4, 0.5) is 10.5 Å². The van der Waals surface area contributed by atoms with Crippen molar-refractivity contribution in [3.8, 4) is 0 Å². The number of anilines is 1. The summed E-state index contributed by atoms with van der Waals surface area (Å²) < 4.78 is 18.0. The lowest BCUT2D eigenvalue weighted by Crippen LogP contribution is -2.60. The maximum absolute atomic E-state index is 14.0. The fourth-order valence-corrected chi connectivity index (χ4v) is 6.96. The molecule has 1 unspecified atom stereocenters. The maximum atomic E-state index is 14.0. The van der Waals surface area contributed by atoms with Crippen LogP contribution < -0.4 is 10.2 Å². The highest BCUT2D eigenvalue weighted by atomic mass is 35.5. The number of hydrogen-bond acceptors (Lipinski definition) is 9. The molecule has 1 aromatic carbocycles. The van der Waals surface area contributed by atoms with Crippen molar-refractivity contribution in [2.24, 2.45) is 11.8 Å². The topological polar surface area (TPSA) is 138 Å². The van der Waals surface area contributed by atoms with Crippen molar-refractivity contribution in [1.82, 2.24) is 10.2 Å². The Kier molecular flexibility index (Phi) is 12.2. The second-order valence-corrected chi connectivity index (χ2v) is 14.8. The number of carbonyl (C=O) groups excluding carboxylic acids is 4. The number of rotatable bonds is 6. The van der Waals surface area contributed by atoms with Gasteiger partial charge in [-0.05, 0) is 63.5 Å². The van der Waals surface area contributed by atoms with E-state index in [0.29, 0.717) is 29.3 Å². The van der Waals surface area contributed by atoms with Crippen LogP contribution in [0.5, 0.6) is 0 Å². The van der Waals surface area contributed by atoms with E-state index >= 15 is 0 Å². The SMILES string of the molecule is C/C1=C\C=C\[C@@H](C)[C@@]2(O)CC(OC(=O)N2)[C@@H](C)[C@@H]2O[C@@]2(C)[C@@H](OC(=O)[C@H](C)N(C)C(=O)CCCS)CC(=O)N(C)c2cc(cc(C)c2Cl)C1. The average molecular weight is 720 g/mol. The number of hydrogen-bond donors (Lipinski definition) is 3. The molecule has 11 nitrogen and oxygen atoms in total. The third-order valence-electron chi connectivity index (χ3n) is 10.2. The molecule has 270 valence electrons. The first-order valence-electron chi connectivity index (χ1n) is 16.8. The fourth-order valence-electron chi connectivity index (χ4n) is 6.57. The van der Waals surface area contributed by atoms with E-state index < -0.39 is 59.6 Å². The van der Waals surface area contributed by atoms with E-state index in [1.54, 1.807) is 20.9 Å². The zero-order chi connectivity index (χ0) is 36.4. The number of epoxide rings is 1. The number of benzene rings is 1. The number of esters is 1. The third kappa shape index (κ3) is 8.64. The molecule has 4 bridgehead atoms. The second kappa shape index (κ2) is 15.4. The molecule has 2 saturated heterocycles. The summed E-state index contributed by atoms with van der Waals surface area (Å²) in [6, 6.07) is 2.91. The standard InChI is InChI=1S/C36H50ClN3O8S/c1-20-11-9-12-22(3)36(45)19-27(46-34(44)38-36)23(4)32-35(6,48-32)28(47-33(43)24(5)39(7)29(41)13-10-14-49)18-30(42)40(8)26-17-25(15-20)16-21(2)31(26)37/h9,11-12,16-17,22-24,27-28,32,45,49H,10,13-15,18-19H2,1-8H3,(H,38,44)/b12-9+,20-11+/t22-,23-,24+,27?,28+,32+,35+,36+/m1/s1. The van der Waals surface area contributed by atoms with E-state index in [0.717, 1.165) is 16.7 Å². The molecule has 3 aliphatic heterocycles. The number of nitrogens with zero attached hydrogens (tertiary/aromatic N) is 2. The van der Waals surface area contributed by atoms with Gasteiger partial charge in [0.25, 0.3) is 0 Å². The van der Waals surface area contributed by atoms with E-state index in [2.05, 4.69) is 17.9 Å². The molecule has 0 aliphatic carbocycles. The lowest BCUT2D eigenvalue weighted by Gasteiger charge is -2.41. The normalized spacial score (nSPS) is 32.8. The Morgan fingerprint density at radius 1 is 1.27 bits per heavy atom. The Morgan fingerprint density at radius 2 is 1.96 bits per heavy atom. The van der Waals surface area contributed by atoms with Crippen molar-refractivity contribution in [2.45, 2.75) is 109 Å². The number of amides is 3. The van der Waals surface area contributed by atoms with Crippen LogP contribution in [0.25, 0.3) is 0 Å². The Labute approximate surface area is 299 Å². The molecule has 0 radical (unpaired) electrons. The number of nitrogens with one attached hydrogen (secondary N) is 1. The van der Waals surface area contributed by atoms with Crippen molar-refractivity contribution in [3.63, 3.8) is 0 Å². The van der Waals surface area contributed by atoms with Crippen molar-refractivity contribution in [1.29, 1.82) is 0 Å². The summed E-state index contributed by atoms with van der Waals surface area (Å²) in [6.07, 6.45) is 3.68. The van der Waals surface area contributed by atoms with Gasteiger partial charge in [-0.1, -0.05) is 55.3 Å². The monoisotopic (exact) mass is 719 g/mol. The molecule has 3 amide bonds. The predicted octanol–water partition coefficient (Wildman–Crippen LogP) is 5.15. The van der Waals surface area contributed by atoms with Gasteiger partial charge in [-0.15, -0.1) is 0 Å². The molecule has 2 fully saturated rings. The van der Waals surface area contributed by atoms with Gasteiger partial charge < -0.3 is 29.1 Å². The largest absolute Gasteiger partial charge is 0.457 e. The summed E-state index contributed by atoms with van der Waals surface area (Å²) in [5.41, 5.74) is 0.551. The van der Waals surface area contributed by atoms with Crippen LogP contribution in [-0.2, 0) is 35.0 Å². The quantitative estimate of drug-likeness (QED) is 0.209. The minimum Gasteiger partial charge on any atom is -0.457 e. The highest BCUT2D eigenvalue weighted by Gasteiger charge is 2.64. The van der Waals surface area contributed by atoms with Crippen LogP contribution in [-0.4, -0.2) is 89.4 Å². The smallest absolute Gasteiger partial charge is 0.409 e. The molecule has 49 heavy (non-hydrogen) atoms. The average Bonchev–Trinajstić information content (AvgIpc) is 3.74. The van der Waals surface area contributed by atoms with Gasteiger partial charge in [0.05, 0.1) is 23.2 Å². The summed E-state index contributed by atoms with van der Waals surface area (Å²) in [6.45, 7) is 10.8. The van der Waals surface area contributed by atoms with Crippen LogP contribution in [0.1, 0.15) is 71.4 Å². The van der Waals surface area contributed by atoms with Crippen molar-refractivity contribution in [3.05, 3.63) is 52.1 Å². The van der Waals surface area contributed by atoms with Gasteiger partial charge in [0.1, 0.15) is 29.6 Å². The van der Waals surface area contributed by atoms with Crippen molar-refractivity contribution in [2.75, 3.05) is 24.7 Å². The van der Waals surface area contributed by atoms with Gasteiger partial charge in [-0.2, -0.15) is 12.6 Å². The molecule has 0 aromatic heterocycles. The van der Waals surface area contributed by atoms with E-state index in [9.17, 15) is 24.3 Å². The lowest BCUT2D eigenvalue weighted by molar-refractivity contribution is -0.162. The molecule has 4 rings (SSSR count). The van der Waals surface area contributed by atoms with Crippen molar-refractivity contribution >= 4 is 53.8 Å². The van der Waals surface area contributed by atoms with Crippen LogP contribution in [0.3, 0.4) is 0 Å².